The van der Waals surface area contributed by atoms with Gasteiger partial charge in [0, 0.05) is 19.6 Å². The molecule has 0 saturated carbocycles. The summed E-state index contributed by atoms with van der Waals surface area (Å²) in [5.74, 6) is 0.695. The maximum absolute atomic E-state index is 10.3. The third kappa shape index (κ3) is 4.88. The van der Waals surface area contributed by atoms with Crippen LogP contribution in [-0.2, 0) is 4.74 Å². The third-order valence-electron chi connectivity index (χ3n) is 3.70. The lowest BCUT2D eigenvalue weighted by Gasteiger charge is -2.27. The summed E-state index contributed by atoms with van der Waals surface area (Å²) in [5, 5.41) is 10.3. The van der Waals surface area contributed by atoms with E-state index in [1.807, 2.05) is 18.2 Å². The largest absolute Gasteiger partial charge is 0.491 e. The van der Waals surface area contributed by atoms with E-state index in [4.69, 9.17) is 15.2 Å². The van der Waals surface area contributed by atoms with Gasteiger partial charge >= 0.3 is 0 Å². The van der Waals surface area contributed by atoms with Gasteiger partial charge in [0.25, 0.3) is 0 Å². The van der Waals surface area contributed by atoms with Crippen LogP contribution in [0.3, 0.4) is 0 Å². The van der Waals surface area contributed by atoms with Crippen LogP contribution in [0.2, 0.25) is 0 Å². The van der Waals surface area contributed by atoms with Gasteiger partial charge in [0.05, 0.1) is 31.6 Å². The minimum absolute atomic E-state index is 0.490. The van der Waals surface area contributed by atoms with Crippen LogP contribution in [0, 0.1) is 0 Å². The number of morpholine rings is 1. The molecule has 1 aromatic carbocycles. The maximum Gasteiger partial charge on any atom is 0.142 e. The zero-order valence-corrected chi connectivity index (χ0v) is 12.8. The highest BCUT2D eigenvalue weighted by molar-refractivity contribution is 5.54. The van der Waals surface area contributed by atoms with Crippen LogP contribution in [0.1, 0.15) is 31.4 Å². The van der Waals surface area contributed by atoms with Gasteiger partial charge in [-0.1, -0.05) is 13.0 Å². The van der Waals surface area contributed by atoms with Gasteiger partial charge in [-0.3, -0.25) is 4.90 Å². The van der Waals surface area contributed by atoms with Gasteiger partial charge in [-0.2, -0.15) is 0 Å². The fraction of sp³-hybridized carbons (Fsp3) is 0.625. The summed E-state index contributed by atoms with van der Waals surface area (Å²) in [7, 11) is 0. The molecule has 1 aliphatic rings. The SMILES string of the molecule is CCCOc1ccc(C(O)CCN2CCOCC2)cc1N. The molecule has 0 radical (unpaired) electrons. The lowest BCUT2D eigenvalue weighted by Crippen LogP contribution is -2.37. The Balaban J connectivity index is 1.86. The van der Waals surface area contributed by atoms with E-state index in [0.717, 1.165) is 44.8 Å². The van der Waals surface area contributed by atoms with Crippen molar-refractivity contribution >= 4 is 5.69 Å². The average molecular weight is 294 g/mol. The summed E-state index contributed by atoms with van der Waals surface area (Å²) in [6.45, 7) is 7.04. The monoisotopic (exact) mass is 294 g/mol. The zero-order valence-electron chi connectivity index (χ0n) is 12.8. The van der Waals surface area contributed by atoms with Crippen molar-refractivity contribution in [2.45, 2.75) is 25.9 Å². The molecule has 21 heavy (non-hydrogen) atoms. The van der Waals surface area contributed by atoms with Gasteiger partial charge in [-0.25, -0.2) is 0 Å². The highest BCUT2D eigenvalue weighted by Gasteiger charge is 2.14. The fourth-order valence-corrected chi connectivity index (χ4v) is 2.41. The lowest BCUT2D eigenvalue weighted by atomic mass is 10.1. The van der Waals surface area contributed by atoms with Crippen molar-refractivity contribution < 1.29 is 14.6 Å². The van der Waals surface area contributed by atoms with Gasteiger partial charge in [0.1, 0.15) is 5.75 Å². The number of nitrogens with two attached hydrogens (primary N) is 1. The molecule has 5 nitrogen and oxygen atoms in total. The summed E-state index contributed by atoms with van der Waals surface area (Å²) >= 11 is 0. The predicted octanol–water partition coefficient (Wildman–Crippen LogP) is 1.81. The second-order valence-electron chi connectivity index (χ2n) is 5.40. The number of nitrogens with zero attached hydrogens (tertiary/aromatic N) is 1. The Hall–Kier alpha value is -1.30. The summed E-state index contributed by atoms with van der Waals surface area (Å²) in [6, 6.07) is 5.55. The van der Waals surface area contributed by atoms with Gasteiger partial charge in [0.15, 0.2) is 0 Å². The normalized spacial score (nSPS) is 17.6. The number of benzene rings is 1. The Morgan fingerprint density at radius 1 is 1.38 bits per heavy atom. The number of nitrogen functional groups attached to an aromatic ring is 1. The van der Waals surface area contributed by atoms with Crippen LogP contribution >= 0.6 is 0 Å². The molecule has 1 heterocycles. The van der Waals surface area contributed by atoms with Crippen molar-refractivity contribution in [2.75, 3.05) is 45.2 Å². The zero-order chi connectivity index (χ0) is 15.1. The van der Waals surface area contributed by atoms with E-state index in [2.05, 4.69) is 11.8 Å². The van der Waals surface area contributed by atoms with E-state index >= 15 is 0 Å². The molecule has 1 atom stereocenters. The van der Waals surface area contributed by atoms with E-state index in [1.54, 1.807) is 0 Å². The molecule has 0 bridgehead atoms. The van der Waals surface area contributed by atoms with E-state index in [9.17, 15) is 5.11 Å². The summed E-state index contributed by atoms with van der Waals surface area (Å²) in [6.07, 6.45) is 1.16. The molecular weight excluding hydrogens is 268 g/mol. The van der Waals surface area contributed by atoms with Crippen LogP contribution in [0.25, 0.3) is 0 Å². The fourth-order valence-electron chi connectivity index (χ4n) is 2.41. The molecule has 0 spiro atoms. The lowest BCUT2D eigenvalue weighted by molar-refractivity contribution is 0.0300. The minimum Gasteiger partial charge on any atom is -0.491 e. The average Bonchev–Trinajstić information content (AvgIpc) is 2.52. The molecule has 5 heteroatoms. The Kier molecular flexibility index (Phi) is 6.29. The third-order valence-corrected chi connectivity index (χ3v) is 3.70. The maximum atomic E-state index is 10.3. The van der Waals surface area contributed by atoms with E-state index in [-0.39, 0.29) is 0 Å². The van der Waals surface area contributed by atoms with Crippen molar-refractivity contribution in [3.05, 3.63) is 23.8 Å². The van der Waals surface area contributed by atoms with Crippen molar-refractivity contribution in [2.24, 2.45) is 0 Å². The van der Waals surface area contributed by atoms with Gasteiger partial charge in [-0.05, 0) is 30.5 Å². The van der Waals surface area contributed by atoms with E-state index in [0.29, 0.717) is 24.5 Å². The minimum atomic E-state index is -0.490. The second kappa shape index (κ2) is 8.22. The standard InChI is InChI=1S/C16H26N2O3/c1-2-9-21-16-4-3-13(12-14(16)17)15(19)5-6-18-7-10-20-11-8-18/h3-4,12,15,19H,2,5-11,17H2,1H3. The van der Waals surface area contributed by atoms with E-state index < -0.39 is 6.10 Å². The molecule has 0 aromatic heterocycles. The first-order valence-electron chi connectivity index (χ1n) is 7.71. The number of aliphatic hydroxyl groups excluding tert-OH is 1. The Labute approximate surface area is 126 Å². The topological polar surface area (TPSA) is 68.0 Å². The number of aliphatic hydroxyl groups is 1. The first-order valence-corrected chi connectivity index (χ1v) is 7.71. The summed E-state index contributed by atoms with van der Waals surface area (Å²) < 4.78 is 10.9. The molecule has 0 amide bonds. The predicted molar refractivity (Wildman–Crippen MR) is 83.5 cm³/mol. The van der Waals surface area contributed by atoms with E-state index in [1.165, 1.54) is 0 Å². The first-order chi connectivity index (χ1) is 10.2. The number of hydrogen-bond donors (Lipinski definition) is 2. The summed E-state index contributed by atoms with van der Waals surface area (Å²) in [5.41, 5.74) is 7.42. The Morgan fingerprint density at radius 3 is 2.81 bits per heavy atom. The van der Waals surface area contributed by atoms with Gasteiger partial charge in [0.2, 0.25) is 0 Å². The highest BCUT2D eigenvalue weighted by atomic mass is 16.5. The molecule has 118 valence electrons. The molecule has 1 fully saturated rings. The molecular formula is C16H26N2O3. The van der Waals surface area contributed by atoms with Gasteiger partial charge < -0.3 is 20.3 Å². The molecule has 1 unspecified atom stereocenters. The molecule has 2 rings (SSSR count). The van der Waals surface area contributed by atoms with Gasteiger partial charge in [-0.15, -0.1) is 0 Å². The quantitative estimate of drug-likeness (QED) is 0.751. The second-order valence-corrected chi connectivity index (χ2v) is 5.40. The molecule has 1 saturated heterocycles. The molecule has 0 aliphatic carbocycles. The van der Waals surface area contributed by atoms with Crippen molar-refractivity contribution in [3.8, 4) is 5.75 Å². The number of hydrogen-bond acceptors (Lipinski definition) is 5. The molecule has 1 aliphatic heterocycles. The van der Waals surface area contributed by atoms with Crippen LogP contribution in [0.4, 0.5) is 5.69 Å². The van der Waals surface area contributed by atoms with Crippen LogP contribution in [-0.4, -0.2) is 49.5 Å². The van der Waals surface area contributed by atoms with Crippen LogP contribution in [0.5, 0.6) is 5.75 Å². The number of rotatable bonds is 7. The van der Waals surface area contributed by atoms with Crippen LogP contribution in [0.15, 0.2) is 18.2 Å². The highest BCUT2D eigenvalue weighted by Crippen LogP contribution is 2.27. The molecule has 1 aromatic rings. The van der Waals surface area contributed by atoms with Crippen molar-refractivity contribution in [1.82, 2.24) is 4.90 Å². The Bertz CT molecular complexity index is 434. The number of ether oxygens (including phenoxy) is 2. The van der Waals surface area contributed by atoms with Crippen molar-refractivity contribution in [3.63, 3.8) is 0 Å². The summed E-state index contributed by atoms with van der Waals surface area (Å²) in [4.78, 5) is 2.31. The Morgan fingerprint density at radius 2 is 2.14 bits per heavy atom. The number of anilines is 1. The first kappa shape index (κ1) is 16.1. The van der Waals surface area contributed by atoms with Crippen molar-refractivity contribution in [1.29, 1.82) is 0 Å². The smallest absolute Gasteiger partial charge is 0.142 e. The van der Waals surface area contributed by atoms with Crippen LogP contribution < -0.4 is 10.5 Å². The molecule has 3 N–H and O–H groups in total.